The van der Waals surface area contributed by atoms with Crippen molar-refractivity contribution < 1.29 is 14.3 Å². The summed E-state index contributed by atoms with van der Waals surface area (Å²) >= 11 is 1.61. The van der Waals surface area contributed by atoms with Crippen LogP contribution in [0.1, 0.15) is 37.5 Å². The van der Waals surface area contributed by atoms with Crippen molar-refractivity contribution in [3.05, 3.63) is 77.4 Å². The molecule has 178 valence electrons. The Labute approximate surface area is 207 Å². The fraction of sp³-hybridized carbons (Fsp3) is 0.321. The van der Waals surface area contributed by atoms with E-state index in [4.69, 9.17) is 14.1 Å². The van der Waals surface area contributed by atoms with Crippen LogP contribution in [-0.2, 0) is 13.2 Å². The van der Waals surface area contributed by atoms with Crippen LogP contribution < -0.4 is 9.16 Å². The summed E-state index contributed by atoms with van der Waals surface area (Å²) in [5, 5.41) is 11.1. The Hall–Kier alpha value is -2.67. The van der Waals surface area contributed by atoms with Gasteiger partial charge < -0.3 is 14.3 Å². The quantitative estimate of drug-likeness (QED) is 0.269. The van der Waals surface area contributed by atoms with Crippen LogP contribution in [0.4, 0.5) is 0 Å². The number of benzene rings is 3. The number of nitrogens with zero attached hydrogens (tertiary/aromatic N) is 1. The highest BCUT2D eigenvalue weighted by Gasteiger charge is 2.40. The summed E-state index contributed by atoms with van der Waals surface area (Å²) in [7, 11) is -2.09. The van der Waals surface area contributed by atoms with E-state index in [2.05, 4.69) is 52.9 Å². The number of hydrogen-bond donors (Lipinski definition) is 1. The second-order valence-electron chi connectivity index (χ2n) is 10.2. The molecule has 0 unspecified atom stereocenters. The minimum atomic E-state index is -2.09. The van der Waals surface area contributed by atoms with Crippen LogP contribution in [0.15, 0.2) is 60.7 Å². The van der Waals surface area contributed by atoms with Crippen LogP contribution in [0.3, 0.4) is 0 Å². The highest BCUT2D eigenvalue weighted by atomic mass is 32.1. The van der Waals surface area contributed by atoms with E-state index in [9.17, 15) is 5.11 Å². The zero-order valence-electron chi connectivity index (χ0n) is 20.8. The van der Waals surface area contributed by atoms with E-state index in [0.717, 1.165) is 49.0 Å². The van der Waals surface area contributed by atoms with Crippen LogP contribution >= 0.6 is 11.3 Å². The second kappa shape index (κ2) is 9.53. The molecule has 0 radical (unpaired) electrons. The molecule has 0 fully saturated rings. The zero-order valence-corrected chi connectivity index (χ0v) is 22.6. The molecule has 4 nitrogen and oxygen atoms in total. The first-order chi connectivity index (χ1) is 16.1. The molecule has 4 rings (SSSR count). The maximum absolute atomic E-state index is 10.2. The largest absolute Gasteiger partial charge is 0.543 e. The minimum absolute atomic E-state index is 0.0600. The topological polar surface area (TPSA) is 51.6 Å². The summed E-state index contributed by atoms with van der Waals surface area (Å²) in [6.45, 7) is 13.7. The molecule has 1 heterocycles. The first-order valence-electron chi connectivity index (χ1n) is 11.6. The van der Waals surface area contributed by atoms with E-state index in [0.29, 0.717) is 6.61 Å². The van der Waals surface area contributed by atoms with Crippen LogP contribution in [0.25, 0.3) is 20.8 Å². The Bertz CT molecular complexity index is 1290. The Kier molecular flexibility index (Phi) is 6.85. The normalized spacial score (nSPS) is 12.2. The van der Waals surface area contributed by atoms with Gasteiger partial charge in [-0.3, -0.25) is 0 Å². The Balaban J connectivity index is 1.72. The van der Waals surface area contributed by atoms with E-state index in [-0.39, 0.29) is 11.6 Å². The molecule has 0 spiro atoms. The summed E-state index contributed by atoms with van der Waals surface area (Å²) in [6.07, 6.45) is 0. The van der Waals surface area contributed by atoms with Crippen LogP contribution in [0, 0.1) is 6.92 Å². The first-order valence-corrected chi connectivity index (χ1v) is 15.3. The molecule has 1 aromatic heterocycles. The van der Waals surface area contributed by atoms with Gasteiger partial charge in [0.25, 0.3) is 8.32 Å². The molecular formula is C28H33NO3SSi. The van der Waals surface area contributed by atoms with Gasteiger partial charge in [0.05, 0.1) is 22.4 Å². The predicted molar refractivity (Wildman–Crippen MR) is 144 cm³/mol. The van der Waals surface area contributed by atoms with Crippen LogP contribution in [0.5, 0.6) is 11.5 Å². The summed E-state index contributed by atoms with van der Waals surface area (Å²) in [4.78, 5) is 4.93. The van der Waals surface area contributed by atoms with E-state index < -0.39 is 8.32 Å². The highest BCUT2D eigenvalue weighted by Crippen LogP contribution is 2.45. The molecule has 0 aliphatic rings. The fourth-order valence-corrected chi connectivity index (χ4v) is 5.63. The average Bonchev–Trinajstić information content (AvgIpc) is 3.21. The van der Waals surface area contributed by atoms with E-state index in [1.807, 2.05) is 48.5 Å². The van der Waals surface area contributed by atoms with Gasteiger partial charge >= 0.3 is 0 Å². The molecule has 0 aliphatic carbocycles. The number of fused-ring (bicyclic) bond motifs is 1. The lowest BCUT2D eigenvalue weighted by Gasteiger charge is -2.37. The van der Waals surface area contributed by atoms with Gasteiger partial charge in [-0.15, -0.1) is 11.3 Å². The van der Waals surface area contributed by atoms with E-state index in [1.165, 1.54) is 0 Å². The molecular weight excluding hydrogens is 458 g/mol. The van der Waals surface area contributed by atoms with Gasteiger partial charge in [0.2, 0.25) is 0 Å². The molecule has 6 heteroatoms. The smallest absolute Gasteiger partial charge is 0.250 e. The third-order valence-electron chi connectivity index (χ3n) is 6.60. The van der Waals surface area contributed by atoms with Crippen LogP contribution in [0.2, 0.25) is 18.1 Å². The lowest BCUT2D eigenvalue weighted by molar-refractivity contribution is 0.282. The summed E-state index contributed by atoms with van der Waals surface area (Å²) in [5.74, 6) is 1.66. The number of ether oxygens (including phenoxy) is 1. The minimum Gasteiger partial charge on any atom is -0.543 e. The Morgan fingerprint density at radius 1 is 1.00 bits per heavy atom. The number of hydrogen-bond acceptors (Lipinski definition) is 5. The van der Waals surface area contributed by atoms with Crippen molar-refractivity contribution in [2.24, 2.45) is 0 Å². The molecule has 0 saturated heterocycles. The van der Waals surface area contributed by atoms with Crippen molar-refractivity contribution in [1.29, 1.82) is 0 Å². The molecule has 3 aromatic carbocycles. The number of aliphatic hydroxyl groups is 1. The second-order valence-corrected chi connectivity index (χ2v) is 15.9. The molecule has 4 aromatic rings. The average molecular weight is 492 g/mol. The van der Waals surface area contributed by atoms with Crippen LogP contribution in [-0.4, -0.2) is 18.4 Å². The maximum atomic E-state index is 10.2. The molecule has 0 atom stereocenters. The first kappa shape index (κ1) is 24.5. The zero-order chi connectivity index (χ0) is 24.5. The predicted octanol–water partition coefficient (Wildman–Crippen LogP) is 7.73. The fourth-order valence-electron chi connectivity index (χ4n) is 3.48. The lowest BCUT2D eigenvalue weighted by atomic mass is 10.0. The van der Waals surface area contributed by atoms with Gasteiger partial charge in [0.15, 0.2) is 0 Å². The third-order valence-corrected chi connectivity index (χ3v) is 12.0. The van der Waals surface area contributed by atoms with Crippen molar-refractivity contribution in [3.8, 4) is 22.1 Å². The third kappa shape index (κ3) is 5.04. The molecule has 1 N–H and O–H groups in total. The number of aliphatic hydroxyl groups excluding tert-OH is 1. The maximum Gasteiger partial charge on any atom is 0.250 e. The van der Waals surface area contributed by atoms with Gasteiger partial charge in [-0.05, 0) is 59.9 Å². The lowest BCUT2D eigenvalue weighted by Crippen LogP contribution is -2.44. The standard InChI is InChI=1S/C28H33NO3SSi/c1-19-12-13-21(17-30)25(26(19)32-34(5,6)28(2,3)4)27-29-23-15-14-22(16-24(23)33-27)31-18-20-10-8-7-9-11-20/h7-16,30H,17-18H2,1-6H3. The Morgan fingerprint density at radius 2 is 1.74 bits per heavy atom. The van der Waals surface area contributed by atoms with Crippen molar-refractivity contribution >= 4 is 29.9 Å². The number of aromatic nitrogens is 1. The number of aryl methyl sites for hydroxylation is 1. The Morgan fingerprint density at radius 3 is 2.41 bits per heavy atom. The number of rotatable bonds is 7. The van der Waals surface area contributed by atoms with E-state index in [1.54, 1.807) is 11.3 Å². The van der Waals surface area contributed by atoms with E-state index >= 15 is 0 Å². The monoisotopic (exact) mass is 491 g/mol. The summed E-state index contributed by atoms with van der Waals surface area (Å²) in [5.41, 5.74) is 4.84. The van der Waals surface area contributed by atoms with Gasteiger partial charge in [0, 0.05) is 0 Å². The molecule has 0 bridgehead atoms. The van der Waals surface area contributed by atoms with Crippen molar-refractivity contribution in [2.45, 2.75) is 59.0 Å². The summed E-state index contributed by atoms with van der Waals surface area (Å²) in [6, 6.07) is 20.2. The van der Waals surface area contributed by atoms with Crippen molar-refractivity contribution in [3.63, 3.8) is 0 Å². The SMILES string of the molecule is Cc1ccc(CO)c(-c2nc3ccc(OCc4ccccc4)cc3s2)c1O[Si](C)(C)C(C)(C)C. The van der Waals surface area contributed by atoms with Gasteiger partial charge in [-0.1, -0.05) is 63.2 Å². The van der Waals surface area contributed by atoms with Gasteiger partial charge in [-0.2, -0.15) is 0 Å². The van der Waals surface area contributed by atoms with Crippen molar-refractivity contribution in [1.82, 2.24) is 4.98 Å². The number of thiazole rings is 1. The molecule has 0 amide bonds. The summed E-state index contributed by atoms with van der Waals surface area (Å²) < 4.78 is 13.9. The van der Waals surface area contributed by atoms with Gasteiger partial charge in [0.1, 0.15) is 23.1 Å². The molecule has 34 heavy (non-hydrogen) atoms. The highest BCUT2D eigenvalue weighted by molar-refractivity contribution is 7.21. The molecule has 0 saturated carbocycles. The van der Waals surface area contributed by atoms with Crippen molar-refractivity contribution in [2.75, 3.05) is 0 Å². The van der Waals surface area contributed by atoms with Gasteiger partial charge in [-0.25, -0.2) is 4.98 Å². The molecule has 0 aliphatic heterocycles.